The van der Waals surface area contributed by atoms with Gasteiger partial charge in [-0.3, -0.25) is 9.48 Å². The second-order valence-electron chi connectivity index (χ2n) is 5.37. The highest BCUT2D eigenvalue weighted by atomic mass is 16.2. The van der Waals surface area contributed by atoms with Gasteiger partial charge < -0.3 is 10.2 Å². The maximum atomic E-state index is 12.6. The molecule has 106 valence electrons. The minimum Gasteiger partial charge on any atom is -0.341 e. The summed E-state index contributed by atoms with van der Waals surface area (Å²) < 4.78 is 1.73. The molecule has 0 radical (unpaired) electrons. The van der Waals surface area contributed by atoms with Gasteiger partial charge in [-0.15, -0.1) is 0 Å². The van der Waals surface area contributed by atoms with Crippen molar-refractivity contribution < 1.29 is 4.79 Å². The van der Waals surface area contributed by atoms with E-state index in [2.05, 4.69) is 17.3 Å². The Kier molecular flexibility index (Phi) is 4.58. The van der Waals surface area contributed by atoms with Crippen LogP contribution in [0.4, 0.5) is 0 Å². The van der Waals surface area contributed by atoms with Gasteiger partial charge in [-0.2, -0.15) is 5.10 Å². The highest BCUT2D eigenvalue weighted by molar-refractivity contribution is 5.83. The number of carbonyl (C=O) groups is 1. The quantitative estimate of drug-likeness (QED) is 0.892. The molecule has 0 saturated carbocycles. The fourth-order valence-corrected chi connectivity index (χ4v) is 2.80. The maximum Gasteiger partial charge on any atom is 0.244 e. The summed E-state index contributed by atoms with van der Waals surface area (Å²) in [5.74, 6) is 0.831. The van der Waals surface area contributed by atoms with Gasteiger partial charge in [0.05, 0.1) is 6.20 Å². The fraction of sp³-hybridized carbons (Fsp3) is 0.714. The molecule has 2 atom stereocenters. The predicted octanol–water partition coefficient (Wildman–Crippen LogP) is 1.33. The molecular weight excluding hydrogens is 240 g/mol. The summed E-state index contributed by atoms with van der Waals surface area (Å²) in [5, 5.41) is 7.27. The number of aryl methyl sites for hydroxylation is 1. The van der Waals surface area contributed by atoms with Crippen molar-refractivity contribution in [1.82, 2.24) is 20.0 Å². The summed E-state index contributed by atoms with van der Waals surface area (Å²) in [5.41, 5.74) is 0.939. The maximum absolute atomic E-state index is 12.6. The summed E-state index contributed by atoms with van der Waals surface area (Å²) in [6.07, 6.45) is 7.19. The molecule has 1 amide bonds. The molecular formula is C14H24N4O. The monoisotopic (exact) mass is 264 g/mol. The second-order valence-corrected chi connectivity index (χ2v) is 5.37. The van der Waals surface area contributed by atoms with Crippen LogP contribution in [0.3, 0.4) is 0 Å². The zero-order valence-electron chi connectivity index (χ0n) is 12.1. The van der Waals surface area contributed by atoms with Gasteiger partial charge >= 0.3 is 0 Å². The lowest BCUT2D eigenvalue weighted by Crippen LogP contribution is -2.45. The first-order valence-corrected chi connectivity index (χ1v) is 7.10. The van der Waals surface area contributed by atoms with Crippen LogP contribution in [0.15, 0.2) is 12.4 Å². The van der Waals surface area contributed by atoms with Crippen molar-refractivity contribution in [2.45, 2.75) is 32.2 Å². The van der Waals surface area contributed by atoms with Gasteiger partial charge in [0.25, 0.3) is 0 Å². The summed E-state index contributed by atoms with van der Waals surface area (Å²) in [7, 11) is 3.70. The van der Waals surface area contributed by atoms with Crippen LogP contribution in [0.1, 0.15) is 37.8 Å². The lowest BCUT2D eigenvalue weighted by molar-refractivity contribution is -0.135. The average molecular weight is 264 g/mol. The van der Waals surface area contributed by atoms with Gasteiger partial charge in [0, 0.05) is 31.9 Å². The molecule has 1 aliphatic rings. The first kappa shape index (κ1) is 14.1. The number of nitrogens with zero attached hydrogens (tertiary/aromatic N) is 3. The Hall–Kier alpha value is -1.36. The lowest BCUT2D eigenvalue weighted by atomic mass is 9.95. The van der Waals surface area contributed by atoms with Crippen molar-refractivity contribution in [3.8, 4) is 0 Å². The number of piperidine rings is 1. The third-order valence-electron chi connectivity index (χ3n) is 4.00. The van der Waals surface area contributed by atoms with Gasteiger partial charge in [0.1, 0.15) is 6.04 Å². The van der Waals surface area contributed by atoms with Crippen molar-refractivity contribution in [2.75, 3.05) is 20.1 Å². The highest BCUT2D eigenvalue weighted by Crippen LogP contribution is 2.23. The molecule has 2 heterocycles. The fourth-order valence-electron chi connectivity index (χ4n) is 2.80. The third-order valence-corrected chi connectivity index (χ3v) is 4.00. The molecule has 5 heteroatoms. The Morgan fingerprint density at radius 1 is 1.63 bits per heavy atom. The number of nitrogens with one attached hydrogen (secondary N) is 1. The molecule has 1 aromatic heterocycles. The van der Waals surface area contributed by atoms with Gasteiger partial charge in [-0.05, 0) is 25.8 Å². The van der Waals surface area contributed by atoms with E-state index in [0.29, 0.717) is 5.92 Å². The molecule has 0 aromatic carbocycles. The van der Waals surface area contributed by atoms with E-state index < -0.39 is 0 Å². The van der Waals surface area contributed by atoms with Gasteiger partial charge in [-0.25, -0.2) is 0 Å². The van der Waals surface area contributed by atoms with Crippen molar-refractivity contribution in [1.29, 1.82) is 0 Å². The third kappa shape index (κ3) is 3.15. The summed E-state index contributed by atoms with van der Waals surface area (Å²) in [6, 6.07) is -0.274. The van der Waals surface area contributed by atoms with E-state index in [1.165, 1.54) is 6.42 Å². The number of amides is 1. The molecule has 1 aliphatic heterocycles. The smallest absolute Gasteiger partial charge is 0.244 e. The molecule has 19 heavy (non-hydrogen) atoms. The predicted molar refractivity (Wildman–Crippen MR) is 74.6 cm³/mol. The Morgan fingerprint density at radius 2 is 2.42 bits per heavy atom. The van der Waals surface area contributed by atoms with Crippen molar-refractivity contribution >= 4 is 5.91 Å². The zero-order valence-corrected chi connectivity index (χ0v) is 12.1. The van der Waals surface area contributed by atoms with Gasteiger partial charge in [-0.1, -0.05) is 13.3 Å². The first-order valence-electron chi connectivity index (χ1n) is 7.10. The van der Waals surface area contributed by atoms with E-state index in [4.69, 9.17) is 0 Å². The summed E-state index contributed by atoms with van der Waals surface area (Å²) >= 11 is 0. The van der Waals surface area contributed by atoms with E-state index in [9.17, 15) is 4.79 Å². The summed E-state index contributed by atoms with van der Waals surface area (Å²) in [6.45, 7) is 3.98. The molecule has 0 bridgehead atoms. The van der Waals surface area contributed by atoms with E-state index in [-0.39, 0.29) is 11.9 Å². The standard InChI is InChI=1S/C14H24N4O/c1-4-11-6-5-7-18(9-11)14(19)13(15-2)12-8-16-17(3)10-12/h8,10-11,13,15H,4-7,9H2,1-3H3. The van der Waals surface area contributed by atoms with E-state index in [1.54, 1.807) is 10.9 Å². The van der Waals surface area contributed by atoms with Crippen LogP contribution < -0.4 is 5.32 Å². The van der Waals surface area contributed by atoms with E-state index >= 15 is 0 Å². The van der Waals surface area contributed by atoms with E-state index in [0.717, 1.165) is 31.5 Å². The topological polar surface area (TPSA) is 50.2 Å². The summed E-state index contributed by atoms with van der Waals surface area (Å²) in [4.78, 5) is 14.6. The molecule has 1 aromatic rings. The normalized spacial score (nSPS) is 21.4. The SMILES string of the molecule is CCC1CCCN(C(=O)C(NC)c2cnn(C)c2)C1. The Balaban J connectivity index is 2.08. The average Bonchev–Trinajstić information content (AvgIpc) is 2.86. The molecule has 2 rings (SSSR count). The number of rotatable bonds is 4. The highest BCUT2D eigenvalue weighted by Gasteiger charge is 2.29. The molecule has 1 saturated heterocycles. The van der Waals surface area contributed by atoms with Crippen LogP contribution in [0.25, 0.3) is 0 Å². The molecule has 1 fully saturated rings. The molecule has 0 aliphatic carbocycles. The minimum atomic E-state index is -0.274. The number of hydrogen-bond acceptors (Lipinski definition) is 3. The number of likely N-dealkylation sites (N-methyl/N-ethyl adjacent to an activating group) is 1. The van der Waals surface area contributed by atoms with Crippen molar-refractivity contribution in [3.05, 3.63) is 18.0 Å². The Morgan fingerprint density at radius 3 is 3.00 bits per heavy atom. The van der Waals surface area contributed by atoms with Crippen LogP contribution in [-0.4, -0.2) is 40.7 Å². The largest absolute Gasteiger partial charge is 0.341 e. The van der Waals surface area contributed by atoms with Crippen molar-refractivity contribution in [3.63, 3.8) is 0 Å². The first-order chi connectivity index (χ1) is 9.15. The number of carbonyl (C=O) groups excluding carboxylic acids is 1. The molecule has 0 spiro atoms. The minimum absolute atomic E-state index is 0.175. The Bertz CT molecular complexity index is 429. The molecule has 1 N–H and O–H groups in total. The number of likely N-dealkylation sites (tertiary alicyclic amines) is 1. The van der Waals surface area contributed by atoms with E-state index in [1.807, 2.05) is 25.2 Å². The molecule has 2 unspecified atom stereocenters. The van der Waals surface area contributed by atoms with Crippen LogP contribution in [0.5, 0.6) is 0 Å². The van der Waals surface area contributed by atoms with Gasteiger partial charge in [0.2, 0.25) is 5.91 Å². The van der Waals surface area contributed by atoms with Crippen LogP contribution in [0, 0.1) is 5.92 Å². The van der Waals surface area contributed by atoms with Crippen LogP contribution in [-0.2, 0) is 11.8 Å². The number of hydrogen-bond donors (Lipinski definition) is 1. The molecule has 5 nitrogen and oxygen atoms in total. The van der Waals surface area contributed by atoms with Crippen molar-refractivity contribution in [2.24, 2.45) is 13.0 Å². The van der Waals surface area contributed by atoms with Crippen LogP contribution >= 0.6 is 0 Å². The lowest BCUT2D eigenvalue weighted by Gasteiger charge is -2.34. The van der Waals surface area contributed by atoms with Crippen LogP contribution in [0.2, 0.25) is 0 Å². The Labute approximate surface area is 115 Å². The zero-order chi connectivity index (χ0) is 13.8. The second kappa shape index (κ2) is 6.19. The van der Waals surface area contributed by atoms with Gasteiger partial charge in [0.15, 0.2) is 0 Å². The number of aromatic nitrogens is 2.